The molecule has 0 saturated carbocycles. The van der Waals surface area contributed by atoms with E-state index in [9.17, 15) is 0 Å². The minimum Gasteiger partial charge on any atom is -0.382 e. The van der Waals surface area contributed by atoms with Crippen LogP contribution in [-0.4, -0.2) is 32.5 Å². The first kappa shape index (κ1) is 12.9. The Kier molecular flexibility index (Phi) is 7.23. The van der Waals surface area contributed by atoms with E-state index in [1.165, 1.54) is 0 Å². The molecule has 0 rings (SSSR count). The summed E-state index contributed by atoms with van der Waals surface area (Å²) in [7, 11) is 1.68. The molecule has 0 aromatic rings. The molecule has 0 radical (unpaired) electrons. The van der Waals surface area contributed by atoms with Crippen molar-refractivity contribution in [1.82, 2.24) is 0 Å². The number of methoxy groups -OCH3 is 1. The molecule has 0 aliphatic carbocycles. The van der Waals surface area contributed by atoms with E-state index < -0.39 is 0 Å². The van der Waals surface area contributed by atoms with Crippen LogP contribution in [0.1, 0.15) is 33.1 Å². The maximum Gasteiger partial charge on any atom is 0.0700 e. The lowest BCUT2D eigenvalue weighted by molar-refractivity contribution is 0.0667. The number of hydrogen-bond acceptors (Lipinski definition) is 3. The lowest BCUT2D eigenvalue weighted by atomic mass is 9.94. The van der Waals surface area contributed by atoms with Gasteiger partial charge >= 0.3 is 0 Å². The molecule has 3 heteroatoms. The van der Waals surface area contributed by atoms with E-state index in [1.54, 1.807) is 7.11 Å². The monoisotopic (exact) mass is 189 g/mol. The molecule has 1 unspecified atom stereocenters. The lowest BCUT2D eigenvalue weighted by Crippen LogP contribution is -2.35. The first-order chi connectivity index (χ1) is 6.12. The SMILES string of the molecule is CCC(C)(N)CCCOCCOC. The zero-order valence-corrected chi connectivity index (χ0v) is 9.14. The highest BCUT2D eigenvalue weighted by molar-refractivity contribution is 4.75. The third-order valence-electron chi connectivity index (χ3n) is 2.28. The minimum atomic E-state index is -0.0232. The largest absolute Gasteiger partial charge is 0.382 e. The minimum absolute atomic E-state index is 0.0232. The summed E-state index contributed by atoms with van der Waals surface area (Å²) < 4.78 is 10.2. The first-order valence-electron chi connectivity index (χ1n) is 4.98. The average Bonchev–Trinajstić information content (AvgIpc) is 2.11. The van der Waals surface area contributed by atoms with Crippen molar-refractivity contribution in [2.24, 2.45) is 5.73 Å². The predicted molar refractivity (Wildman–Crippen MR) is 54.8 cm³/mol. The molecule has 3 nitrogen and oxygen atoms in total. The molecule has 13 heavy (non-hydrogen) atoms. The third kappa shape index (κ3) is 8.22. The van der Waals surface area contributed by atoms with Crippen molar-refractivity contribution < 1.29 is 9.47 Å². The fourth-order valence-electron chi connectivity index (χ4n) is 0.999. The van der Waals surface area contributed by atoms with Crippen LogP contribution in [0.4, 0.5) is 0 Å². The molecule has 1 atom stereocenters. The van der Waals surface area contributed by atoms with Crippen LogP contribution in [0.5, 0.6) is 0 Å². The summed E-state index contributed by atoms with van der Waals surface area (Å²) in [6.07, 6.45) is 3.08. The summed E-state index contributed by atoms with van der Waals surface area (Å²) in [6.45, 7) is 6.35. The average molecular weight is 189 g/mol. The van der Waals surface area contributed by atoms with Crippen LogP contribution in [-0.2, 0) is 9.47 Å². The fraction of sp³-hybridized carbons (Fsp3) is 1.00. The summed E-state index contributed by atoms with van der Waals surface area (Å²) in [4.78, 5) is 0. The van der Waals surface area contributed by atoms with Crippen molar-refractivity contribution in [2.75, 3.05) is 26.9 Å². The van der Waals surface area contributed by atoms with Gasteiger partial charge in [0.1, 0.15) is 0 Å². The van der Waals surface area contributed by atoms with Gasteiger partial charge in [-0.1, -0.05) is 6.92 Å². The quantitative estimate of drug-likeness (QED) is 0.589. The van der Waals surface area contributed by atoms with Crippen LogP contribution in [0.3, 0.4) is 0 Å². The standard InChI is InChI=1S/C10H23NO2/c1-4-10(2,11)6-5-7-13-9-8-12-3/h4-9,11H2,1-3H3. The first-order valence-corrected chi connectivity index (χ1v) is 4.98. The maximum atomic E-state index is 5.98. The van der Waals surface area contributed by atoms with Crippen molar-refractivity contribution in [3.05, 3.63) is 0 Å². The Balaban J connectivity index is 3.16. The number of ether oxygens (including phenoxy) is 2. The van der Waals surface area contributed by atoms with Gasteiger partial charge in [0.15, 0.2) is 0 Å². The molecule has 0 saturated heterocycles. The predicted octanol–water partition coefficient (Wildman–Crippen LogP) is 1.56. The summed E-state index contributed by atoms with van der Waals surface area (Å²) in [5, 5.41) is 0. The molecule has 0 aliphatic heterocycles. The molecule has 2 N–H and O–H groups in total. The van der Waals surface area contributed by atoms with Gasteiger partial charge in [0.2, 0.25) is 0 Å². The Morgan fingerprint density at radius 2 is 1.92 bits per heavy atom. The highest BCUT2D eigenvalue weighted by atomic mass is 16.5. The topological polar surface area (TPSA) is 44.5 Å². The van der Waals surface area contributed by atoms with Crippen molar-refractivity contribution in [1.29, 1.82) is 0 Å². The van der Waals surface area contributed by atoms with Crippen LogP contribution < -0.4 is 5.73 Å². The highest BCUT2D eigenvalue weighted by Crippen LogP contribution is 2.12. The van der Waals surface area contributed by atoms with Crippen molar-refractivity contribution in [3.8, 4) is 0 Å². The highest BCUT2D eigenvalue weighted by Gasteiger charge is 2.14. The second kappa shape index (κ2) is 7.30. The molecule has 0 heterocycles. The van der Waals surface area contributed by atoms with Gasteiger partial charge in [0.25, 0.3) is 0 Å². The van der Waals surface area contributed by atoms with E-state index in [0.717, 1.165) is 25.9 Å². The summed E-state index contributed by atoms with van der Waals surface area (Å²) in [5.74, 6) is 0. The fourth-order valence-corrected chi connectivity index (χ4v) is 0.999. The van der Waals surface area contributed by atoms with Crippen molar-refractivity contribution in [3.63, 3.8) is 0 Å². The number of hydrogen-bond donors (Lipinski definition) is 1. The van der Waals surface area contributed by atoms with E-state index in [4.69, 9.17) is 15.2 Å². The zero-order chi connectivity index (χ0) is 10.2. The molecule has 0 amide bonds. The van der Waals surface area contributed by atoms with Crippen molar-refractivity contribution in [2.45, 2.75) is 38.6 Å². The molecule has 0 aliphatic rings. The van der Waals surface area contributed by atoms with E-state index in [-0.39, 0.29) is 5.54 Å². The second-order valence-electron chi connectivity index (χ2n) is 3.72. The van der Waals surface area contributed by atoms with Gasteiger partial charge in [0, 0.05) is 19.3 Å². The van der Waals surface area contributed by atoms with Gasteiger partial charge in [-0.25, -0.2) is 0 Å². The summed E-state index contributed by atoms with van der Waals surface area (Å²) in [5.41, 5.74) is 5.95. The van der Waals surface area contributed by atoms with Crippen LogP contribution >= 0.6 is 0 Å². The van der Waals surface area contributed by atoms with Gasteiger partial charge in [-0.15, -0.1) is 0 Å². The van der Waals surface area contributed by atoms with Crippen LogP contribution in [0, 0.1) is 0 Å². The van der Waals surface area contributed by atoms with Gasteiger partial charge in [-0.05, 0) is 26.2 Å². The van der Waals surface area contributed by atoms with Gasteiger partial charge in [-0.2, -0.15) is 0 Å². The third-order valence-corrected chi connectivity index (χ3v) is 2.28. The molecule has 0 aromatic heterocycles. The Morgan fingerprint density at radius 1 is 1.23 bits per heavy atom. The van der Waals surface area contributed by atoms with Crippen LogP contribution in [0.2, 0.25) is 0 Å². The Hall–Kier alpha value is -0.120. The smallest absolute Gasteiger partial charge is 0.0700 e. The van der Waals surface area contributed by atoms with Gasteiger partial charge in [-0.3, -0.25) is 0 Å². The molecule has 0 bridgehead atoms. The lowest BCUT2D eigenvalue weighted by Gasteiger charge is -2.22. The maximum absolute atomic E-state index is 5.98. The Morgan fingerprint density at radius 3 is 2.46 bits per heavy atom. The number of nitrogens with two attached hydrogens (primary N) is 1. The molecule has 0 spiro atoms. The molecule has 0 fully saturated rings. The second-order valence-corrected chi connectivity index (χ2v) is 3.72. The number of rotatable bonds is 8. The van der Waals surface area contributed by atoms with Crippen LogP contribution in [0.15, 0.2) is 0 Å². The molecular weight excluding hydrogens is 166 g/mol. The molecule has 0 aromatic carbocycles. The molecular formula is C10H23NO2. The van der Waals surface area contributed by atoms with Crippen molar-refractivity contribution >= 4 is 0 Å². The van der Waals surface area contributed by atoms with Gasteiger partial charge < -0.3 is 15.2 Å². The molecule has 80 valence electrons. The normalized spacial score (nSPS) is 15.7. The summed E-state index contributed by atoms with van der Waals surface area (Å²) >= 11 is 0. The zero-order valence-electron chi connectivity index (χ0n) is 9.14. The van der Waals surface area contributed by atoms with E-state index in [0.29, 0.717) is 13.2 Å². The summed E-state index contributed by atoms with van der Waals surface area (Å²) in [6, 6.07) is 0. The van der Waals surface area contributed by atoms with E-state index in [2.05, 4.69) is 13.8 Å². The van der Waals surface area contributed by atoms with E-state index >= 15 is 0 Å². The Bertz CT molecular complexity index is 115. The van der Waals surface area contributed by atoms with Gasteiger partial charge in [0.05, 0.1) is 13.2 Å². The van der Waals surface area contributed by atoms with E-state index in [1.807, 2.05) is 0 Å². The van der Waals surface area contributed by atoms with Crippen LogP contribution in [0.25, 0.3) is 0 Å². The Labute approximate surface area is 81.6 Å².